The number of aromatic nitrogens is 1. The van der Waals surface area contributed by atoms with E-state index in [0.29, 0.717) is 10.7 Å². The van der Waals surface area contributed by atoms with Crippen LogP contribution in [0.1, 0.15) is 30.8 Å². The summed E-state index contributed by atoms with van der Waals surface area (Å²) in [7, 11) is 0. The molecule has 0 radical (unpaired) electrons. The molecule has 4 N–H and O–H groups in total. The van der Waals surface area contributed by atoms with Crippen LogP contribution < -0.4 is 11.1 Å². The molecule has 2 atom stereocenters. The lowest BCUT2D eigenvalue weighted by molar-refractivity contribution is -0.120. The number of rotatable bonds is 5. The SMILES string of the molecule is CCC(C)C(NC(=O)c1cc2cc(Cl)ccc2[nH]1)C(N)=O. The van der Waals surface area contributed by atoms with Crippen molar-refractivity contribution in [1.82, 2.24) is 10.3 Å². The van der Waals surface area contributed by atoms with Crippen molar-refractivity contribution >= 4 is 34.3 Å². The first-order chi connectivity index (χ1) is 9.92. The van der Waals surface area contributed by atoms with Gasteiger partial charge in [0.2, 0.25) is 5.91 Å². The van der Waals surface area contributed by atoms with Gasteiger partial charge in [-0.15, -0.1) is 0 Å². The Hall–Kier alpha value is -2.01. The number of carbonyl (C=O) groups excluding carboxylic acids is 2. The lowest BCUT2D eigenvalue weighted by Gasteiger charge is -2.20. The highest BCUT2D eigenvalue weighted by atomic mass is 35.5. The van der Waals surface area contributed by atoms with Gasteiger partial charge in [-0.3, -0.25) is 9.59 Å². The molecule has 2 rings (SSSR count). The summed E-state index contributed by atoms with van der Waals surface area (Å²) in [4.78, 5) is 26.7. The quantitative estimate of drug-likeness (QED) is 0.792. The second kappa shape index (κ2) is 6.18. The Labute approximate surface area is 127 Å². The molecule has 1 aromatic carbocycles. The predicted molar refractivity (Wildman–Crippen MR) is 83.2 cm³/mol. The average molecular weight is 308 g/mol. The standard InChI is InChI=1S/C15H18ClN3O2/c1-3-8(2)13(14(17)20)19-15(21)12-7-9-6-10(16)4-5-11(9)18-12/h4-8,13,18H,3H2,1-2H3,(H2,17,20)(H,19,21). The molecule has 6 heteroatoms. The third-order valence-electron chi connectivity index (χ3n) is 3.63. The van der Waals surface area contributed by atoms with E-state index in [4.69, 9.17) is 17.3 Å². The third kappa shape index (κ3) is 3.36. The summed E-state index contributed by atoms with van der Waals surface area (Å²) in [5.74, 6) is -0.909. The number of hydrogen-bond donors (Lipinski definition) is 3. The number of benzene rings is 1. The van der Waals surface area contributed by atoms with Crippen LogP contribution in [-0.2, 0) is 4.79 Å². The maximum absolute atomic E-state index is 12.3. The van der Waals surface area contributed by atoms with Crippen LogP contribution >= 0.6 is 11.6 Å². The van der Waals surface area contributed by atoms with E-state index in [-0.39, 0.29) is 11.8 Å². The highest BCUT2D eigenvalue weighted by Crippen LogP contribution is 2.20. The Balaban J connectivity index is 2.23. The highest BCUT2D eigenvalue weighted by molar-refractivity contribution is 6.31. The van der Waals surface area contributed by atoms with E-state index in [2.05, 4.69) is 10.3 Å². The van der Waals surface area contributed by atoms with Crippen molar-refractivity contribution < 1.29 is 9.59 Å². The zero-order valence-corrected chi connectivity index (χ0v) is 12.7. The number of nitrogens with one attached hydrogen (secondary N) is 2. The number of carbonyl (C=O) groups is 2. The summed E-state index contributed by atoms with van der Waals surface area (Å²) in [5, 5.41) is 4.12. The Morgan fingerprint density at radius 3 is 2.71 bits per heavy atom. The van der Waals surface area contributed by atoms with Crippen LogP contribution in [0.5, 0.6) is 0 Å². The molecule has 0 fully saturated rings. The maximum atomic E-state index is 12.3. The Bertz CT molecular complexity index is 681. The number of fused-ring (bicyclic) bond motifs is 1. The molecule has 0 aliphatic rings. The highest BCUT2D eigenvalue weighted by Gasteiger charge is 2.24. The molecule has 2 aromatic rings. The van der Waals surface area contributed by atoms with Crippen molar-refractivity contribution in [3.63, 3.8) is 0 Å². The van der Waals surface area contributed by atoms with Crippen LogP contribution in [0, 0.1) is 5.92 Å². The number of primary amides is 1. The van der Waals surface area contributed by atoms with Crippen LogP contribution in [0.15, 0.2) is 24.3 Å². The first-order valence-corrected chi connectivity index (χ1v) is 7.18. The van der Waals surface area contributed by atoms with Gasteiger partial charge in [-0.1, -0.05) is 31.9 Å². The molecule has 0 aliphatic heterocycles. The minimum atomic E-state index is -0.683. The van der Waals surface area contributed by atoms with Gasteiger partial charge in [0.05, 0.1) is 0 Å². The van der Waals surface area contributed by atoms with Crippen molar-refractivity contribution in [2.75, 3.05) is 0 Å². The monoisotopic (exact) mass is 307 g/mol. The molecule has 0 saturated heterocycles. The first kappa shape index (κ1) is 15.4. The Kier molecular flexibility index (Phi) is 4.53. The number of H-pyrrole nitrogens is 1. The van der Waals surface area contributed by atoms with Gasteiger partial charge >= 0.3 is 0 Å². The number of nitrogens with two attached hydrogens (primary N) is 1. The summed E-state index contributed by atoms with van der Waals surface area (Å²) < 4.78 is 0. The molecule has 0 bridgehead atoms. The largest absolute Gasteiger partial charge is 0.368 e. The first-order valence-electron chi connectivity index (χ1n) is 6.80. The molecule has 2 amide bonds. The van der Waals surface area contributed by atoms with Gasteiger partial charge < -0.3 is 16.0 Å². The van der Waals surface area contributed by atoms with Crippen LogP contribution in [0.3, 0.4) is 0 Å². The topological polar surface area (TPSA) is 88.0 Å². The number of hydrogen-bond acceptors (Lipinski definition) is 2. The van der Waals surface area contributed by atoms with Gasteiger partial charge in [0.1, 0.15) is 11.7 Å². The van der Waals surface area contributed by atoms with Gasteiger partial charge in [-0.25, -0.2) is 0 Å². The summed E-state index contributed by atoms with van der Waals surface area (Å²) in [6, 6.07) is 6.33. The van der Waals surface area contributed by atoms with E-state index in [1.54, 1.807) is 24.3 Å². The minimum Gasteiger partial charge on any atom is -0.368 e. The molecule has 0 saturated carbocycles. The van der Waals surface area contributed by atoms with Crippen molar-refractivity contribution in [2.45, 2.75) is 26.3 Å². The van der Waals surface area contributed by atoms with E-state index in [1.165, 1.54) is 0 Å². The van der Waals surface area contributed by atoms with Gasteiger partial charge in [0.25, 0.3) is 5.91 Å². The summed E-state index contributed by atoms with van der Waals surface area (Å²) in [6.45, 7) is 3.82. The fourth-order valence-corrected chi connectivity index (χ4v) is 2.35. The van der Waals surface area contributed by atoms with Gasteiger partial charge in [-0.2, -0.15) is 0 Å². The molecule has 5 nitrogen and oxygen atoms in total. The van der Waals surface area contributed by atoms with Crippen LogP contribution in [0.25, 0.3) is 10.9 Å². The molecule has 0 spiro atoms. The molecule has 1 heterocycles. The van der Waals surface area contributed by atoms with Gasteiger partial charge in [0.15, 0.2) is 0 Å². The summed E-state index contributed by atoms with van der Waals surface area (Å²) in [5.41, 5.74) is 6.54. The third-order valence-corrected chi connectivity index (χ3v) is 3.87. The lowest BCUT2D eigenvalue weighted by Crippen LogP contribution is -2.48. The van der Waals surface area contributed by atoms with E-state index in [1.807, 2.05) is 13.8 Å². The van der Waals surface area contributed by atoms with Crippen molar-refractivity contribution in [2.24, 2.45) is 11.7 Å². The smallest absolute Gasteiger partial charge is 0.268 e. The predicted octanol–water partition coefficient (Wildman–Crippen LogP) is 2.45. The molecule has 1 aromatic heterocycles. The zero-order valence-electron chi connectivity index (χ0n) is 11.9. The number of aromatic amines is 1. The van der Waals surface area contributed by atoms with Crippen molar-refractivity contribution in [1.29, 1.82) is 0 Å². The molecule has 0 aliphatic carbocycles. The Morgan fingerprint density at radius 2 is 2.10 bits per heavy atom. The minimum absolute atomic E-state index is 0.0229. The molecule has 21 heavy (non-hydrogen) atoms. The van der Waals surface area contributed by atoms with E-state index in [9.17, 15) is 9.59 Å². The van der Waals surface area contributed by atoms with E-state index < -0.39 is 11.9 Å². The van der Waals surface area contributed by atoms with Crippen molar-refractivity contribution in [3.05, 3.63) is 35.0 Å². The van der Waals surface area contributed by atoms with Crippen LogP contribution in [-0.4, -0.2) is 22.8 Å². The summed E-state index contributed by atoms with van der Waals surface area (Å²) >= 11 is 5.92. The van der Waals surface area contributed by atoms with E-state index in [0.717, 1.165) is 17.3 Å². The molecular formula is C15H18ClN3O2. The zero-order chi connectivity index (χ0) is 15.6. The maximum Gasteiger partial charge on any atom is 0.268 e. The fourth-order valence-electron chi connectivity index (χ4n) is 2.17. The second-order valence-corrected chi connectivity index (χ2v) is 5.59. The molecule has 2 unspecified atom stereocenters. The average Bonchev–Trinajstić information content (AvgIpc) is 2.86. The Morgan fingerprint density at radius 1 is 1.38 bits per heavy atom. The fraction of sp³-hybridized carbons (Fsp3) is 0.333. The van der Waals surface area contributed by atoms with Crippen LogP contribution in [0.4, 0.5) is 0 Å². The number of amides is 2. The van der Waals surface area contributed by atoms with Gasteiger partial charge in [0, 0.05) is 15.9 Å². The molecular weight excluding hydrogens is 290 g/mol. The van der Waals surface area contributed by atoms with E-state index >= 15 is 0 Å². The lowest BCUT2D eigenvalue weighted by atomic mass is 9.98. The van der Waals surface area contributed by atoms with Crippen LogP contribution in [0.2, 0.25) is 5.02 Å². The molecule has 112 valence electrons. The second-order valence-electron chi connectivity index (χ2n) is 5.15. The number of halogens is 1. The van der Waals surface area contributed by atoms with Crippen molar-refractivity contribution in [3.8, 4) is 0 Å². The summed E-state index contributed by atoms with van der Waals surface area (Å²) in [6.07, 6.45) is 0.746. The normalized spacial score (nSPS) is 13.9. The van der Waals surface area contributed by atoms with Gasteiger partial charge in [-0.05, 0) is 30.2 Å².